The molecule has 0 aromatic heterocycles. The van der Waals surface area contributed by atoms with E-state index in [1.165, 1.54) is 16.7 Å². The van der Waals surface area contributed by atoms with Gasteiger partial charge < -0.3 is 0 Å². The van der Waals surface area contributed by atoms with Crippen LogP contribution < -0.4 is 10.6 Å². The minimum atomic E-state index is 0.410. The second kappa shape index (κ2) is 2.77. The Balaban J connectivity index is 3.06. The van der Waals surface area contributed by atoms with Crippen LogP contribution in [0.25, 0.3) is 5.57 Å². The molecule has 0 fully saturated rings. The zero-order chi connectivity index (χ0) is 10.5. The normalized spacial score (nSPS) is 14.3. The van der Waals surface area contributed by atoms with E-state index in [4.69, 9.17) is 5.41 Å². The Morgan fingerprint density at radius 2 is 1.71 bits per heavy atom. The number of fused-ring (bicyclic) bond motifs is 1. The van der Waals surface area contributed by atoms with Crippen LogP contribution in [0.2, 0.25) is 0 Å². The predicted molar refractivity (Wildman–Crippen MR) is 58.2 cm³/mol. The van der Waals surface area contributed by atoms with Gasteiger partial charge in [0.25, 0.3) is 0 Å². The second-order valence-electron chi connectivity index (χ2n) is 3.92. The van der Waals surface area contributed by atoms with E-state index in [-0.39, 0.29) is 0 Å². The molecule has 0 aliphatic carbocycles. The zero-order valence-electron chi connectivity index (χ0n) is 9.02. The monoisotopic (exact) mass is 186 g/mol. The summed E-state index contributed by atoms with van der Waals surface area (Å²) < 4.78 is 0. The average Bonchev–Trinajstić information content (AvgIpc) is 2.39. The number of rotatable bonds is 0. The summed E-state index contributed by atoms with van der Waals surface area (Å²) in [6.07, 6.45) is 0. The van der Waals surface area contributed by atoms with Crippen LogP contribution in [0.4, 0.5) is 0 Å². The van der Waals surface area contributed by atoms with Crippen molar-refractivity contribution >= 4 is 11.4 Å². The van der Waals surface area contributed by atoms with Gasteiger partial charge >= 0.3 is 0 Å². The molecular formula is C12H14N2. The summed E-state index contributed by atoms with van der Waals surface area (Å²) in [4.78, 5) is 4.24. The van der Waals surface area contributed by atoms with E-state index in [2.05, 4.69) is 31.8 Å². The van der Waals surface area contributed by atoms with Gasteiger partial charge in [0.1, 0.15) is 5.84 Å². The minimum absolute atomic E-state index is 0.410. The molecule has 0 bridgehead atoms. The van der Waals surface area contributed by atoms with Crippen LogP contribution in [0.15, 0.2) is 11.1 Å². The number of amidine groups is 1. The lowest BCUT2D eigenvalue weighted by Crippen LogP contribution is -2.27. The molecule has 0 saturated heterocycles. The molecule has 0 radical (unpaired) electrons. The molecule has 0 atom stereocenters. The van der Waals surface area contributed by atoms with Crippen LogP contribution in [-0.2, 0) is 0 Å². The number of nitrogens with zero attached hydrogens (tertiary/aromatic N) is 1. The highest BCUT2D eigenvalue weighted by molar-refractivity contribution is 6.16. The highest BCUT2D eigenvalue weighted by Crippen LogP contribution is 2.09. The molecule has 1 N–H and O–H groups in total. The predicted octanol–water partition coefficient (Wildman–Crippen LogP) is 1.39. The Kier molecular flexibility index (Phi) is 1.81. The third-order valence-electron chi connectivity index (χ3n) is 3.10. The van der Waals surface area contributed by atoms with Gasteiger partial charge in [-0.25, -0.2) is 4.99 Å². The lowest BCUT2D eigenvalue weighted by atomic mass is 10.00. The van der Waals surface area contributed by atoms with E-state index in [9.17, 15) is 0 Å². The second-order valence-corrected chi connectivity index (χ2v) is 3.92. The number of hydrogen-bond donors (Lipinski definition) is 1. The van der Waals surface area contributed by atoms with E-state index >= 15 is 0 Å². The van der Waals surface area contributed by atoms with Crippen LogP contribution in [0.1, 0.15) is 23.6 Å². The number of benzene rings is 1. The Hall–Kier alpha value is -1.44. The summed E-state index contributed by atoms with van der Waals surface area (Å²) >= 11 is 0. The summed E-state index contributed by atoms with van der Waals surface area (Å²) in [5.74, 6) is 0.410. The maximum Gasteiger partial charge on any atom is 0.148 e. The molecule has 1 aliphatic rings. The largest absolute Gasteiger partial charge is 0.283 e. The molecule has 2 nitrogen and oxygen atoms in total. The van der Waals surface area contributed by atoms with Gasteiger partial charge in [-0.3, -0.25) is 5.41 Å². The fourth-order valence-electron chi connectivity index (χ4n) is 1.95. The van der Waals surface area contributed by atoms with Crippen molar-refractivity contribution in [3.8, 4) is 0 Å². The van der Waals surface area contributed by atoms with Crippen molar-refractivity contribution in [2.75, 3.05) is 0 Å². The Labute approximate surface area is 83.5 Å². The fourth-order valence-corrected chi connectivity index (χ4v) is 1.95. The number of hydrogen-bond acceptors (Lipinski definition) is 1. The maximum absolute atomic E-state index is 7.67. The Morgan fingerprint density at radius 1 is 1.07 bits per heavy atom. The minimum Gasteiger partial charge on any atom is -0.283 e. The molecular weight excluding hydrogens is 172 g/mol. The lowest BCUT2D eigenvalue weighted by molar-refractivity contribution is 1.20. The SMILES string of the molecule is CC1=c2c(C)c(C)c(C)cc2=NC1=N. The molecule has 72 valence electrons. The molecule has 0 saturated carbocycles. The van der Waals surface area contributed by atoms with Crippen LogP contribution in [0, 0.1) is 26.2 Å². The van der Waals surface area contributed by atoms with Crippen LogP contribution in [-0.4, -0.2) is 5.84 Å². The Bertz CT molecular complexity index is 551. The first-order valence-electron chi connectivity index (χ1n) is 4.77. The molecule has 2 rings (SSSR count). The van der Waals surface area contributed by atoms with Gasteiger partial charge in [-0.2, -0.15) is 0 Å². The summed E-state index contributed by atoms with van der Waals surface area (Å²) in [5, 5.41) is 9.81. The summed E-state index contributed by atoms with van der Waals surface area (Å²) in [5.41, 5.74) is 4.84. The third-order valence-corrected chi connectivity index (χ3v) is 3.10. The number of aryl methyl sites for hydroxylation is 1. The molecule has 0 unspecified atom stereocenters. The van der Waals surface area contributed by atoms with E-state index in [1.54, 1.807) is 0 Å². The van der Waals surface area contributed by atoms with E-state index < -0.39 is 0 Å². The molecule has 0 amide bonds. The molecule has 1 aliphatic heterocycles. The highest BCUT2D eigenvalue weighted by atomic mass is 14.8. The third kappa shape index (κ3) is 1.03. The molecule has 0 spiro atoms. The average molecular weight is 186 g/mol. The van der Waals surface area contributed by atoms with Crippen molar-refractivity contribution in [1.82, 2.24) is 0 Å². The van der Waals surface area contributed by atoms with E-state index in [0.717, 1.165) is 16.1 Å². The fraction of sp³-hybridized carbons (Fsp3) is 0.333. The van der Waals surface area contributed by atoms with Crippen molar-refractivity contribution in [3.05, 3.63) is 33.3 Å². The van der Waals surface area contributed by atoms with Gasteiger partial charge in [-0.1, -0.05) is 0 Å². The first-order chi connectivity index (χ1) is 6.52. The molecule has 14 heavy (non-hydrogen) atoms. The smallest absolute Gasteiger partial charge is 0.148 e. The topological polar surface area (TPSA) is 36.2 Å². The van der Waals surface area contributed by atoms with E-state index in [1.807, 2.05) is 6.92 Å². The van der Waals surface area contributed by atoms with Crippen molar-refractivity contribution in [1.29, 1.82) is 5.41 Å². The van der Waals surface area contributed by atoms with Gasteiger partial charge in [0.2, 0.25) is 0 Å². The van der Waals surface area contributed by atoms with E-state index in [0.29, 0.717) is 5.84 Å². The van der Waals surface area contributed by atoms with Gasteiger partial charge in [0, 0.05) is 10.8 Å². The standard InChI is InChI=1S/C12H14N2/c1-6-5-10-11(8(3)7(6)2)9(4)12(13)14-10/h5,13H,1-4H3. The quantitative estimate of drug-likeness (QED) is 0.635. The summed E-state index contributed by atoms with van der Waals surface area (Å²) in [6, 6.07) is 2.07. The maximum atomic E-state index is 7.67. The van der Waals surface area contributed by atoms with Crippen molar-refractivity contribution < 1.29 is 0 Å². The van der Waals surface area contributed by atoms with Crippen molar-refractivity contribution in [2.24, 2.45) is 4.99 Å². The lowest BCUT2D eigenvalue weighted by Gasteiger charge is -2.04. The zero-order valence-corrected chi connectivity index (χ0v) is 9.02. The Morgan fingerprint density at radius 3 is 2.36 bits per heavy atom. The molecule has 1 heterocycles. The van der Waals surface area contributed by atoms with Gasteiger partial charge in [0.15, 0.2) is 0 Å². The molecule has 1 aromatic carbocycles. The van der Waals surface area contributed by atoms with Gasteiger partial charge in [-0.15, -0.1) is 0 Å². The number of nitrogens with one attached hydrogen (secondary N) is 1. The summed E-state index contributed by atoms with van der Waals surface area (Å²) in [7, 11) is 0. The van der Waals surface area contributed by atoms with Crippen LogP contribution >= 0.6 is 0 Å². The van der Waals surface area contributed by atoms with Crippen LogP contribution in [0.5, 0.6) is 0 Å². The first-order valence-corrected chi connectivity index (χ1v) is 4.77. The summed E-state index contributed by atoms with van der Waals surface area (Å²) in [6.45, 7) is 8.30. The van der Waals surface area contributed by atoms with Crippen molar-refractivity contribution in [3.63, 3.8) is 0 Å². The van der Waals surface area contributed by atoms with Crippen molar-refractivity contribution in [2.45, 2.75) is 27.7 Å². The van der Waals surface area contributed by atoms with Gasteiger partial charge in [0.05, 0.1) is 5.36 Å². The highest BCUT2D eigenvalue weighted by Gasteiger charge is 2.12. The van der Waals surface area contributed by atoms with Crippen LogP contribution in [0.3, 0.4) is 0 Å². The first kappa shape index (κ1) is 9.13. The molecule has 2 heteroatoms. The van der Waals surface area contributed by atoms with Gasteiger partial charge in [-0.05, 0) is 50.5 Å². The molecule has 1 aromatic rings.